The molecule has 2 fully saturated rings. The smallest absolute Gasteiger partial charge is 0.224 e. The van der Waals surface area contributed by atoms with Crippen molar-refractivity contribution in [3.8, 4) is 0 Å². The first kappa shape index (κ1) is 16.5. The maximum absolute atomic E-state index is 12.4. The highest BCUT2D eigenvalue weighted by molar-refractivity contribution is 9.10. The third-order valence-electron chi connectivity index (χ3n) is 4.72. The summed E-state index contributed by atoms with van der Waals surface area (Å²) in [4.78, 5) is 24.3. The number of aromatic nitrogens is 2. The number of rotatable bonds is 4. The van der Waals surface area contributed by atoms with Crippen LogP contribution in [0.4, 0.5) is 0 Å². The second-order valence-corrected chi connectivity index (χ2v) is 8.84. The normalized spacial score (nSPS) is 33.4. The van der Waals surface area contributed by atoms with Crippen molar-refractivity contribution < 1.29 is 9.59 Å². The fourth-order valence-corrected chi connectivity index (χ4v) is 3.76. The lowest BCUT2D eigenvalue weighted by Gasteiger charge is -2.33. The fourth-order valence-electron chi connectivity index (χ4n) is 3.23. The Labute approximate surface area is 144 Å². The molecular formula is C16H23BrN4O2. The van der Waals surface area contributed by atoms with Gasteiger partial charge in [0.25, 0.3) is 0 Å². The number of carbonyl (C=O) groups is 2. The highest BCUT2D eigenvalue weighted by atomic mass is 79.9. The number of carbonyl (C=O) groups excluding carboxylic acids is 2. The first-order chi connectivity index (χ1) is 10.8. The predicted molar refractivity (Wildman–Crippen MR) is 90.1 cm³/mol. The summed E-state index contributed by atoms with van der Waals surface area (Å²) >= 11 is 3.57. The van der Waals surface area contributed by atoms with Gasteiger partial charge in [-0.25, -0.2) is 0 Å². The molecular weight excluding hydrogens is 360 g/mol. The summed E-state index contributed by atoms with van der Waals surface area (Å²) in [5.74, 6) is 0.0932. The molecule has 1 aromatic heterocycles. The van der Waals surface area contributed by atoms with Crippen molar-refractivity contribution in [2.45, 2.75) is 62.5 Å². The van der Waals surface area contributed by atoms with E-state index < -0.39 is 0 Å². The van der Waals surface area contributed by atoms with Gasteiger partial charge in [-0.05, 0) is 39.7 Å². The van der Waals surface area contributed by atoms with Crippen LogP contribution in [-0.4, -0.2) is 32.0 Å². The van der Waals surface area contributed by atoms with Crippen molar-refractivity contribution in [1.82, 2.24) is 20.4 Å². The molecule has 0 aromatic carbocycles. The molecule has 4 atom stereocenters. The molecule has 6 nitrogen and oxygen atoms in total. The Hall–Kier alpha value is -1.37. The SMILES string of the molecule is CC(C)n1nccc1[C@@H]1NC(=O)CC[C@H]1NC(=O)C1CC1(C)Br. The van der Waals surface area contributed by atoms with E-state index in [-0.39, 0.29) is 40.2 Å². The topological polar surface area (TPSA) is 76.0 Å². The van der Waals surface area contributed by atoms with Gasteiger partial charge in [0, 0.05) is 23.0 Å². The summed E-state index contributed by atoms with van der Waals surface area (Å²) in [6.07, 6.45) is 3.68. The second kappa shape index (κ2) is 5.92. The molecule has 0 bridgehead atoms. The zero-order chi connectivity index (χ0) is 16.8. The van der Waals surface area contributed by atoms with Gasteiger partial charge in [0.15, 0.2) is 0 Å². The monoisotopic (exact) mass is 382 g/mol. The maximum Gasteiger partial charge on any atom is 0.224 e. The number of hydrogen-bond donors (Lipinski definition) is 2. The minimum Gasteiger partial charge on any atom is -0.351 e. The largest absolute Gasteiger partial charge is 0.351 e. The van der Waals surface area contributed by atoms with Crippen molar-refractivity contribution in [2.75, 3.05) is 0 Å². The number of piperidine rings is 1. The molecule has 7 heteroatoms. The fraction of sp³-hybridized carbons (Fsp3) is 0.688. The number of nitrogens with zero attached hydrogens (tertiary/aromatic N) is 2. The van der Waals surface area contributed by atoms with Crippen LogP contribution in [0.2, 0.25) is 0 Å². The van der Waals surface area contributed by atoms with Gasteiger partial charge in [0.05, 0.1) is 23.7 Å². The van der Waals surface area contributed by atoms with E-state index in [0.29, 0.717) is 12.8 Å². The van der Waals surface area contributed by atoms with E-state index in [1.165, 1.54) is 0 Å². The van der Waals surface area contributed by atoms with E-state index in [1.54, 1.807) is 6.20 Å². The van der Waals surface area contributed by atoms with Crippen LogP contribution in [0.15, 0.2) is 12.3 Å². The highest BCUT2D eigenvalue weighted by Gasteiger charge is 2.53. The lowest BCUT2D eigenvalue weighted by Crippen LogP contribution is -2.51. The third kappa shape index (κ3) is 3.29. The van der Waals surface area contributed by atoms with E-state index in [9.17, 15) is 9.59 Å². The quantitative estimate of drug-likeness (QED) is 0.782. The number of amides is 2. The van der Waals surface area contributed by atoms with Crippen molar-refractivity contribution in [2.24, 2.45) is 5.92 Å². The Morgan fingerprint density at radius 1 is 1.57 bits per heavy atom. The average molecular weight is 383 g/mol. The Morgan fingerprint density at radius 3 is 2.87 bits per heavy atom. The summed E-state index contributed by atoms with van der Waals surface area (Å²) in [6.45, 7) is 6.13. The first-order valence-corrected chi connectivity index (χ1v) is 8.91. The van der Waals surface area contributed by atoms with Gasteiger partial charge >= 0.3 is 0 Å². The lowest BCUT2D eigenvalue weighted by molar-refractivity contribution is -0.127. The van der Waals surface area contributed by atoms with E-state index in [1.807, 2.05) is 17.7 Å². The van der Waals surface area contributed by atoms with Crippen molar-refractivity contribution >= 4 is 27.7 Å². The van der Waals surface area contributed by atoms with Gasteiger partial charge in [-0.1, -0.05) is 15.9 Å². The van der Waals surface area contributed by atoms with E-state index in [0.717, 1.165) is 12.1 Å². The van der Waals surface area contributed by atoms with Crippen molar-refractivity contribution in [3.05, 3.63) is 18.0 Å². The molecule has 2 heterocycles. The van der Waals surface area contributed by atoms with Crippen LogP contribution in [0, 0.1) is 5.92 Å². The highest BCUT2D eigenvalue weighted by Crippen LogP contribution is 2.51. The molecule has 23 heavy (non-hydrogen) atoms. The number of halogens is 1. The van der Waals surface area contributed by atoms with Crippen LogP contribution < -0.4 is 10.6 Å². The Morgan fingerprint density at radius 2 is 2.26 bits per heavy atom. The number of nitrogens with one attached hydrogen (secondary N) is 2. The molecule has 2 aliphatic rings. The minimum atomic E-state index is -0.231. The van der Waals surface area contributed by atoms with E-state index in [4.69, 9.17) is 0 Å². The summed E-state index contributed by atoms with van der Waals surface area (Å²) in [6, 6.07) is 1.79. The average Bonchev–Trinajstić information content (AvgIpc) is 2.91. The van der Waals surface area contributed by atoms with Gasteiger partial charge < -0.3 is 10.6 Å². The van der Waals surface area contributed by atoms with Crippen LogP contribution in [0.1, 0.15) is 57.8 Å². The standard InChI is InChI=1S/C16H23BrN4O2/c1-9(2)21-12(6-7-18-21)14-11(4-5-13(22)20-14)19-15(23)10-8-16(10,3)17/h6-7,9-11,14H,4-5,8H2,1-3H3,(H,19,23)(H,20,22)/t10?,11-,14-,16?/m1/s1. The second-order valence-electron chi connectivity index (χ2n) is 7.03. The number of alkyl halides is 1. The molecule has 2 amide bonds. The molecule has 126 valence electrons. The zero-order valence-electron chi connectivity index (χ0n) is 13.7. The predicted octanol–water partition coefficient (Wildman–Crippen LogP) is 2.07. The van der Waals surface area contributed by atoms with Crippen LogP contribution >= 0.6 is 15.9 Å². The summed E-state index contributed by atoms with van der Waals surface area (Å²) < 4.78 is 1.82. The van der Waals surface area contributed by atoms with Crippen LogP contribution in [0.5, 0.6) is 0 Å². The lowest BCUT2D eigenvalue weighted by atomic mass is 9.94. The Kier molecular flexibility index (Phi) is 4.25. The molecule has 1 saturated carbocycles. The molecule has 3 rings (SSSR count). The Balaban J connectivity index is 1.78. The molecule has 0 radical (unpaired) electrons. The van der Waals surface area contributed by atoms with Crippen LogP contribution in [0.25, 0.3) is 0 Å². The maximum atomic E-state index is 12.4. The first-order valence-electron chi connectivity index (χ1n) is 8.11. The summed E-state index contributed by atoms with van der Waals surface area (Å²) in [7, 11) is 0. The summed E-state index contributed by atoms with van der Waals surface area (Å²) in [5, 5.41) is 10.5. The minimum absolute atomic E-state index is 0.00999. The summed E-state index contributed by atoms with van der Waals surface area (Å²) in [5.41, 5.74) is 0.941. The third-order valence-corrected chi connectivity index (χ3v) is 5.60. The van der Waals surface area contributed by atoms with Gasteiger partial charge in [-0.15, -0.1) is 0 Å². The van der Waals surface area contributed by atoms with Gasteiger partial charge in [0.1, 0.15) is 0 Å². The molecule has 1 aliphatic carbocycles. The molecule has 2 unspecified atom stereocenters. The molecule has 1 aliphatic heterocycles. The van der Waals surface area contributed by atoms with Crippen molar-refractivity contribution in [3.63, 3.8) is 0 Å². The molecule has 0 spiro atoms. The molecule has 2 N–H and O–H groups in total. The number of hydrogen-bond acceptors (Lipinski definition) is 3. The van der Waals surface area contributed by atoms with Crippen molar-refractivity contribution in [1.29, 1.82) is 0 Å². The van der Waals surface area contributed by atoms with Crippen LogP contribution in [0.3, 0.4) is 0 Å². The van der Waals surface area contributed by atoms with Gasteiger partial charge in [-0.2, -0.15) is 5.10 Å². The van der Waals surface area contributed by atoms with E-state index >= 15 is 0 Å². The van der Waals surface area contributed by atoms with Gasteiger partial charge in [0.2, 0.25) is 11.8 Å². The van der Waals surface area contributed by atoms with Crippen LogP contribution in [-0.2, 0) is 9.59 Å². The Bertz CT molecular complexity index is 625. The zero-order valence-corrected chi connectivity index (χ0v) is 15.3. The molecule has 1 saturated heterocycles. The van der Waals surface area contributed by atoms with E-state index in [2.05, 4.69) is 45.5 Å². The van der Waals surface area contributed by atoms with Gasteiger partial charge in [-0.3, -0.25) is 14.3 Å². The molecule has 1 aromatic rings.